The quantitative estimate of drug-likeness (QED) is 0.468. The molecule has 0 amide bonds. The van der Waals surface area contributed by atoms with E-state index in [0.29, 0.717) is 35.2 Å². The monoisotopic (exact) mass is 396 g/mol. The molecule has 0 bridgehead atoms. The summed E-state index contributed by atoms with van der Waals surface area (Å²) in [6.45, 7) is 1.77. The summed E-state index contributed by atoms with van der Waals surface area (Å²) < 4.78 is 5.75. The number of benzene rings is 1. The zero-order valence-electron chi connectivity index (χ0n) is 16.4. The molecule has 7 nitrogen and oxygen atoms in total. The average molecular weight is 396 g/mol. The number of allylic oxidation sites excluding steroid dienone is 3. The molecule has 152 valence electrons. The summed E-state index contributed by atoms with van der Waals surface area (Å²) in [5, 5.41) is 14.9. The lowest BCUT2D eigenvalue weighted by Gasteiger charge is -2.34. The van der Waals surface area contributed by atoms with Crippen molar-refractivity contribution in [1.29, 1.82) is 0 Å². The average Bonchev–Trinajstić information content (AvgIpc) is 3.20. The summed E-state index contributed by atoms with van der Waals surface area (Å²) >= 11 is 0. The van der Waals surface area contributed by atoms with Crippen LogP contribution in [0.4, 0.5) is 5.69 Å². The van der Waals surface area contributed by atoms with Gasteiger partial charge in [0, 0.05) is 35.0 Å². The van der Waals surface area contributed by atoms with E-state index in [-0.39, 0.29) is 17.6 Å². The lowest BCUT2D eigenvalue weighted by atomic mass is 9.75. The highest BCUT2D eigenvalue weighted by Crippen LogP contribution is 2.45. The maximum atomic E-state index is 13.2. The van der Waals surface area contributed by atoms with E-state index in [1.54, 1.807) is 25.1 Å². The van der Waals surface area contributed by atoms with E-state index < -0.39 is 16.8 Å². The Labute approximate surface area is 169 Å². The van der Waals surface area contributed by atoms with Crippen LogP contribution in [0.15, 0.2) is 46.8 Å². The van der Waals surface area contributed by atoms with Crippen molar-refractivity contribution < 1.29 is 19.2 Å². The normalized spacial score (nSPS) is 22.4. The number of Topliss-reactive ketones (excluding diaryl/α,β-unsaturated/α-hetero) is 1. The predicted octanol–water partition coefficient (Wildman–Crippen LogP) is 4.05. The number of hydrogen-bond donors (Lipinski definition) is 1. The smallest absolute Gasteiger partial charge is 0.337 e. The van der Waals surface area contributed by atoms with Crippen molar-refractivity contribution in [2.24, 2.45) is 0 Å². The standard InChI is InChI=1S/C22H24N2O5/c1-13-19(22(26)29-14-7-2-3-8-14)20(15-9-4-5-11-17(15)24(27)28)21-16(23-13)10-6-12-18(21)25/h4-5,9,11,14,20,23H,2-3,6-8,10,12H2,1H3/t20-/m1/s1. The highest BCUT2D eigenvalue weighted by atomic mass is 16.6. The fourth-order valence-corrected chi connectivity index (χ4v) is 4.68. The van der Waals surface area contributed by atoms with Crippen LogP contribution in [0.3, 0.4) is 0 Å². The highest BCUT2D eigenvalue weighted by Gasteiger charge is 2.42. The Morgan fingerprint density at radius 2 is 1.90 bits per heavy atom. The van der Waals surface area contributed by atoms with Gasteiger partial charge in [-0.3, -0.25) is 14.9 Å². The molecule has 0 radical (unpaired) electrons. The van der Waals surface area contributed by atoms with Crippen molar-refractivity contribution in [1.82, 2.24) is 5.32 Å². The van der Waals surface area contributed by atoms with Gasteiger partial charge in [0.25, 0.3) is 5.69 Å². The summed E-state index contributed by atoms with van der Waals surface area (Å²) in [5.41, 5.74) is 2.40. The van der Waals surface area contributed by atoms with E-state index in [0.717, 1.165) is 37.8 Å². The first-order valence-corrected chi connectivity index (χ1v) is 10.2. The van der Waals surface area contributed by atoms with Crippen LogP contribution in [-0.2, 0) is 14.3 Å². The van der Waals surface area contributed by atoms with Crippen LogP contribution >= 0.6 is 0 Å². The number of dihydropyridines is 1. The van der Waals surface area contributed by atoms with E-state index in [9.17, 15) is 19.7 Å². The van der Waals surface area contributed by atoms with Gasteiger partial charge in [-0.05, 0) is 45.4 Å². The van der Waals surface area contributed by atoms with Crippen LogP contribution in [-0.4, -0.2) is 22.8 Å². The first-order valence-electron chi connectivity index (χ1n) is 10.2. The molecule has 1 saturated carbocycles. The molecule has 1 atom stereocenters. The molecule has 29 heavy (non-hydrogen) atoms. The molecule has 2 aliphatic carbocycles. The van der Waals surface area contributed by atoms with Gasteiger partial charge in [-0.1, -0.05) is 18.2 Å². The van der Waals surface area contributed by atoms with Gasteiger partial charge in [0.2, 0.25) is 0 Å². The van der Waals surface area contributed by atoms with Crippen molar-refractivity contribution in [3.8, 4) is 0 Å². The van der Waals surface area contributed by atoms with Gasteiger partial charge >= 0.3 is 5.97 Å². The molecule has 0 spiro atoms. The number of esters is 1. The summed E-state index contributed by atoms with van der Waals surface area (Å²) in [6, 6.07) is 6.35. The molecule has 0 saturated heterocycles. The number of carbonyl (C=O) groups excluding carboxylic acids is 2. The summed E-state index contributed by atoms with van der Waals surface area (Å²) in [4.78, 5) is 37.3. The third-order valence-electron chi connectivity index (χ3n) is 6.02. The number of hydrogen-bond acceptors (Lipinski definition) is 6. The number of para-hydroxylation sites is 1. The first kappa shape index (κ1) is 19.4. The number of rotatable bonds is 4. The van der Waals surface area contributed by atoms with Crippen LogP contribution in [0.5, 0.6) is 0 Å². The van der Waals surface area contributed by atoms with Crippen LogP contribution in [0.2, 0.25) is 0 Å². The third kappa shape index (κ3) is 3.57. The maximum absolute atomic E-state index is 13.2. The third-order valence-corrected chi connectivity index (χ3v) is 6.02. The second kappa shape index (κ2) is 7.81. The molecule has 1 aromatic rings. The lowest BCUT2D eigenvalue weighted by Crippen LogP contribution is -2.35. The highest BCUT2D eigenvalue weighted by molar-refractivity contribution is 6.04. The Bertz CT molecular complexity index is 940. The van der Waals surface area contributed by atoms with Gasteiger partial charge in [0.15, 0.2) is 5.78 Å². The largest absolute Gasteiger partial charge is 0.459 e. The lowest BCUT2D eigenvalue weighted by molar-refractivity contribution is -0.385. The number of carbonyl (C=O) groups is 2. The van der Waals surface area contributed by atoms with Crippen LogP contribution < -0.4 is 5.32 Å². The number of ketones is 1. The molecule has 1 fully saturated rings. The van der Waals surface area contributed by atoms with Crippen molar-refractivity contribution in [3.63, 3.8) is 0 Å². The zero-order chi connectivity index (χ0) is 20.5. The Balaban J connectivity index is 1.83. The van der Waals surface area contributed by atoms with Crippen LogP contribution in [0.1, 0.15) is 63.4 Å². The molecule has 7 heteroatoms. The second-order valence-corrected chi connectivity index (χ2v) is 7.89. The van der Waals surface area contributed by atoms with Gasteiger partial charge in [-0.2, -0.15) is 0 Å². The number of nitro benzene ring substituents is 1. The molecule has 0 unspecified atom stereocenters. The van der Waals surface area contributed by atoms with Gasteiger partial charge in [-0.15, -0.1) is 0 Å². The SMILES string of the molecule is CC1=C(C(=O)OC2CCCC2)[C@@H](c2ccccc2[N+](=O)[O-])C2=C(CCCC2=O)N1. The number of ether oxygens (including phenoxy) is 1. The summed E-state index contributed by atoms with van der Waals surface area (Å²) in [5.74, 6) is -1.34. The van der Waals surface area contributed by atoms with Gasteiger partial charge < -0.3 is 10.1 Å². The summed E-state index contributed by atoms with van der Waals surface area (Å²) in [6.07, 6.45) is 5.35. The van der Waals surface area contributed by atoms with Crippen molar-refractivity contribution >= 4 is 17.4 Å². The Hall–Kier alpha value is -2.96. The van der Waals surface area contributed by atoms with E-state index in [1.807, 2.05) is 0 Å². The molecule has 0 aromatic heterocycles. The first-order chi connectivity index (χ1) is 14.0. The zero-order valence-corrected chi connectivity index (χ0v) is 16.4. The number of nitrogens with one attached hydrogen (secondary N) is 1. The van der Waals surface area contributed by atoms with Gasteiger partial charge in [-0.25, -0.2) is 4.79 Å². The number of nitro groups is 1. The Morgan fingerprint density at radius 3 is 2.62 bits per heavy atom. The van der Waals surface area contributed by atoms with Crippen LogP contribution in [0, 0.1) is 10.1 Å². The fourth-order valence-electron chi connectivity index (χ4n) is 4.68. The molecular formula is C22H24N2O5. The van der Waals surface area contributed by atoms with Gasteiger partial charge in [0.1, 0.15) is 6.10 Å². The van der Waals surface area contributed by atoms with Crippen molar-refractivity contribution in [2.75, 3.05) is 0 Å². The molecule has 1 aromatic carbocycles. The molecule has 1 aliphatic heterocycles. The van der Waals surface area contributed by atoms with Gasteiger partial charge in [0.05, 0.1) is 16.4 Å². The molecule has 4 rings (SSSR count). The van der Waals surface area contributed by atoms with E-state index >= 15 is 0 Å². The van der Waals surface area contributed by atoms with Crippen molar-refractivity contribution in [3.05, 3.63) is 62.5 Å². The van der Waals surface area contributed by atoms with E-state index in [1.165, 1.54) is 6.07 Å². The maximum Gasteiger partial charge on any atom is 0.337 e. The van der Waals surface area contributed by atoms with Crippen LogP contribution in [0.25, 0.3) is 0 Å². The Morgan fingerprint density at radius 1 is 1.17 bits per heavy atom. The van der Waals surface area contributed by atoms with E-state index in [2.05, 4.69) is 5.32 Å². The Kier molecular flexibility index (Phi) is 5.22. The predicted molar refractivity (Wildman–Crippen MR) is 106 cm³/mol. The fraction of sp³-hybridized carbons (Fsp3) is 0.455. The minimum absolute atomic E-state index is 0.0689. The minimum Gasteiger partial charge on any atom is -0.459 e. The molecular weight excluding hydrogens is 372 g/mol. The molecule has 1 N–H and O–H groups in total. The topological polar surface area (TPSA) is 98.5 Å². The number of nitrogens with zero attached hydrogens (tertiary/aromatic N) is 1. The minimum atomic E-state index is -0.783. The molecule has 1 heterocycles. The summed E-state index contributed by atoms with van der Waals surface area (Å²) in [7, 11) is 0. The molecule has 3 aliphatic rings. The van der Waals surface area contributed by atoms with Crippen molar-refractivity contribution in [2.45, 2.75) is 63.9 Å². The van der Waals surface area contributed by atoms with E-state index in [4.69, 9.17) is 4.74 Å². The second-order valence-electron chi connectivity index (χ2n) is 7.89.